The van der Waals surface area contributed by atoms with Crippen molar-refractivity contribution in [2.75, 3.05) is 11.6 Å². The number of carbonyl (C=O) groups is 3. The maximum atomic E-state index is 13.0. The summed E-state index contributed by atoms with van der Waals surface area (Å²) in [5.74, 6) is -1.13. The van der Waals surface area contributed by atoms with E-state index in [1.165, 1.54) is 24.3 Å². The highest BCUT2D eigenvalue weighted by molar-refractivity contribution is 7.90. The third-order valence-electron chi connectivity index (χ3n) is 4.75. The molecule has 0 heterocycles. The number of benzene rings is 3. The minimum absolute atomic E-state index is 0.100. The molecule has 0 saturated heterocycles. The molecule has 1 aliphatic rings. The predicted molar refractivity (Wildman–Crippen MR) is 107 cm³/mol. The Morgan fingerprint density at radius 3 is 1.97 bits per heavy atom. The second kappa shape index (κ2) is 6.79. The van der Waals surface area contributed by atoms with Gasteiger partial charge in [-0.05, 0) is 30.3 Å². The van der Waals surface area contributed by atoms with Crippen molar-refractivity contribution in [1.82, 2.24) is 0 Å². The number of fused-ring (bicyclic) bond motifs is 2. The van der Waals surface area contributed by atoms with Gasteiger partial charge >= 0.3 is 0 Å². The van der Waals surface area contributed by atoms with Gasteiger partial charge in [-0.25, -0.2) is 8.42 Å². The summed E-state index contributed by atoms with van der Waals surface area (Å²) in [6, 6.07) is 16.7. The van der Waals surface area contributed by atoms with E-state index in [1.807, 2.05) is 0 Å². The van der Waals surface area contributed by atoms with E-state index in [0.717, 1.165) is 6.26 Å². The summed E-state index contributed by atoms with van der Waals surface area (Å²) in [5, 5.41) is 2.66. The first kappa shape index (κ1) is 18.8. The fourth-order valence-electron chi connectivity index (χ4n) is 3.30. The second-order valence-electron chi connectivity index (χ2n) is 6.68. The third kappa shape index (κ3) is 3.25. The molecule has 1 N–H and O–H groups in total. The number of nitrogens with one attached hydrogen (secondary N) is 1. The number of ketones is 2. The predicted octanol–water partition coefficient (Wildman–Crippen LogP) is 3.12. The van der Waals surface area contributed by atoms with E-state index < -0.39 is 15.7 Å². The topological polar surface area (TPSA) is 97.4 Å². The maximum Gasteiger partial charge on any atom is 0.255 e. The number of rotatable bonds is 3. The zero-order chi connectivity index (χ0) is 20.8. The molecule has 144 valence electrons. The zero-order valence-electron chi connectivity index (χ0n) is 15.3. The van der Waals surface area contributed by atoms with Crippen molar-refractivity contribution in [2.24, 2.45) is 0 Å². The lowest BCUT2D eigenvalue weighted by Crippen LogP contribution is -2.23. The van der Waals surface area contributed by atoms with E-state index in [4.69, 9.17) is 0 Å². The molecular formula is C22H15NO5S. The van der Waals surface area contributed by atoms with Crippen molar-refractivity contribution in [3.8, 4) is 0 Å². The molecule has 1 amide bonds. The average molecular weight is 405 g/mol. The van der Waals surface area contributed by atoms with Crippen LogP contribution in [0.3, 0.4) is 0 Å². The minimum Gasteiger partial charge on any atom is -0.321 e. The van der Waals surface area contributed by atoms with Crippen LogP contribution in [0.5, 0.6) is 0 Å². The zero-order valence-corrected chi connectivity index (χ0v) is 16.1. The highest BCUT2D eigenvalue weighted by Gasteiger charge is 2.31. The molecule has 0 atom stereocenters. The largest absolute Gasteiger partial charge is 0.321 e. The molecule has 0 bridgehead atoms. The molecule has 3 aromatic rings. The average Bonchev–Trinajstić information content (AvgIpc) is 2.71. The van der Waals surface area contributed by atoms with Crippen LogP contribution >= 0.6 is 0 Å². The van der Waals surface area contributed by atoms with E-state index in [9.17, 15) is 22.8 Å². The van der Waals surface area contributed by atoms with Crippen LogP contribution in [0.4, 0.5) is 5.69 Å². The van der Waals surface area contributed by atoms with Gasteiger partial charge in [0, 0.05) is 28.5 Å². The number of sulfone groups is 1. The lowest BCUT2D eigenvalue weighted by Gasteiger charge is -2.20. The molecule has 1 aliphatic carbocycles. The highest BCUT2D eigenvalue weighted by Crippen LogP contribution is 2.32. The van der Waals surface area contributed by atoms with Crippen LogP contribution in [0.2, 0.25) is 0 Å². The van der Waals surface area contributed by atoms with Crippen molar-refractivity contribution in [1.29, 1.82) is 0 Å². The molecule has 0 spiro atoms. The van der Waals surface area contributed by atoms with Gasteiger partial charge in [0.25, 0.3) is 5.91 Å². The Morgan fingerprint density at radius 2 is 1.34 bits per heavy atom. The summed E-state index contributed by atoms with van der Waals surface area (Å²) in [6.07, 6.45) is 1.08. The standard InChI is InChI=1S/C22H15NO5S/c1-29(27,28)14-11-9-13(10-12-14)22(26)23-18-8-4-7-17-19(18)21(25)16-6-3-2-5-15(16)20(17)24/h2-12H,1H3,(H,23,26). The maximum absolute atomic E-state index is 13.0. The molecule has 0 saturated carbocycles. The molecule has 6 nitrogen and oxygen atoms in total. The highest BCUT2D eigenvalue weighted by atomic mass is 32.2. The molecule has 29 heavy (non-hydrogen) atoms. The fraction of sp³-hybridized carbons (Fsp3) is 0.0455. The smallest absolute Gasteiger partial charge is 0.255 e. The molecular weight excluding hydrogens is 390 g/mol. The summed E-state index contributed by atoms with van der Waals surface area (Å²) in [6.45, 7) is 0. The SMILES string of the molecule is CS(=O)(=O)c1ccc(C(=O)Nc2cccc3c2C(=O)c2ccccc2C3=O)cc1. The number of anilines is 1. The van der Waals surface area contributed by atoms with Crippen LogP contribution in [-0.4, -0.2) is 32.1 Å². The lowest BCUT2D eigenvalue weighted by atomic mass is 9.83. The van der Waals surface area contributed by atoms with Gasteiger partial charge in [0.1, 0.15) is 0 Å². The molecule has 4 rings (SSSR count). The summed E-state index contributed by atoms with van der Waals surface area (Å²) >= 11 is 0. The summed E-state index contributed by atoms with van der Waals surface area (Å²) < 4.78 is 23.1. The van der Waals surface area contributed by atoms with Gasteiger partial charge in [0.2, 0.25) is 0 Å². The quantitative estimate of drug-likeness (QED) is 0.565. The van der Waals surface area contributed by atoms with Crippen LogP contribution < -0.4 is 5.32 Å². The van der Waals surface area contributed by atoms with Crippen LogP contribution in [-0.2, 0) is 9.84 Å². The van der Waals surface area contributed by atoms with Gasteiger partial charge in [0.05, 0.1) is 16.1 Å². The second-order valence-corrected chi connectivity index (χ2v) is 8.70. The van der Waals surface area contributed by atoms with E-state index in [-0.39, 0.29) is 38.8 Å². The number of carbonyl (C=O) groups excluding carboxylic acids is 3. The molecule has 0 radical (unpaired) electrons. The van der Waals surface area contributed by atoms with Gasteiger partial charge in [-0.15, -0.1) is 0 Å². The Hall–Kier alpha value is -3.58. The molecule has 0 aromatic heterocycles. The monoisotopic (exact) mass is 405 g/mol. The van der Waals surface area contributed by atoms with Crippen LogP contribution in [0.25, 0.3) is 0 Å². The Labute approximate surface area is 167 Å². The van der Waals surface area contributed by atoms with Crippen molar-refractivity contribution in [3.05, 3.63) is 94.5 Å². The molecule has 0 fully saturated rings. The Bertz CT molecular complexity index is 1290. The van der Waals surface area contributed by atoms with Gasteiger partial charge in [-0.1, -0.05) is 36.4 Å². The van der Waals surface area contributed by atoms with Crippen LogP contribution in [0.1, 0.15) is 42.2 Å². The Morgan fingerprint density at radius 1 is 0.759 bits per heavy atom. The van der Waals surface area contributed by atoms with Crippen molar-refractivity contribution < 1.29 is 22.8 Å². The van der Waals surface area contributed by atoms with E-state index >= 15 is 0 Å². The normalized spacial score (nSPS) is 12.9. The van der Waals surface area contributed by atoms with E-state index in [0.29, 0.717) is 11.1 Å². The van der Waals surface area contributed by atoms with Crippen molar-refractivity contribution in [3.63, 3.8) is 0 Å². The van der Waals surface area contributed by atoms with Crippen molar-refractivity contribution >= 4 is 33.0 Å². The molecule has 3 aromatic carbocycles. The Kier molecular flexibility index (Phi) is 4.39. The first-order valence-electron chi connectivity index (χ1n) is 8.70. The molecule has 0 unspecified atom stereocenters. The van der Waals surface area contributed by atoms with Gasteiger partial charge in [-0.3, -0.25) is 14.4 Å². The summed E-state index contributed by atoms with van der Waals surface area (Å²) in [5.41, 5.74) is 1.47. The third-order valence-corrected chi connectivity index (χ3v) is 5.87. The van der Waals surface area contributed by atoms with Gasteiger partial charge in [0.15, 0.2) is 21.4 Å². The Balaban J connectivity index is 1.70. The van der Waals surface area contributed by atoms with Crippen LogP contribution in [0.15, 0.2) is 71.6 Å². The number of hydrogen-bond donors (Lipinski definition) is 1. The van der Waals surface area contributed by atoms with E-state index in [1.54, 1.807) is 42.5 Å². The van der Waals surface area contributed by atoms with Gasteiger partial charge in [-0.2, -0.15) is 0 Å². The molecule has 0 aliphatic heterocycles. The first-order chi connectivity index (χ1) is 13.8. The van der Waals surface area contributed by atoms with Crippen molar-refractivity contribution in [2.45, 2.75) is 4.90 Å². The van der Waals surface area contributed by atoms with Gasteiger partial charge < -0.3 is 5.32 Å². The minimum atomic E-state index is -3.37. The lowest BCUT2D eigenvalue weighted by molar-refractivity contribution is 0.0978. The molecule has 7 heteroatoms. The van der Waals surface area contributed by atoms with Crippen LogP contribution in [0, 0.1) is 0 Å². The van der Waals surface area contributed by atoms with E-state index in [2.05, 4.69) is 5.32 Å². The number of hydrogen-bond acceptors (Lipinski definition) is 5. The fourth-order valence-corrected chi connectivity index (χ4v) is 3.93. The summed E-state index contributed by atoms with van der Waals surface area (Å²) in [7, 11) is -3.37. The first-order valence-corrected chi connectivity index (χ1v) is 10.6. The summed E-state index contributed by atoms with van der Waals surface area (Å²) in [4.78, 5) is 38.5. The number of amides is 1.